The molecule has 4 N–H and O–H groups in total. The normalized spacial score (nSPS) is 13.7. The number of hydrogen-bond donors (Lipinski definition) is 4. The Labute approximate surface area is 387 Å². The van der Waals surface area contributed by atoms with Crippen LogP contribution in [-0.2, 0) is 4.79 Å². The van der Waals surface area contributed by atoms with Crippen molar-refractivity contribution in [2.45, 2.75) is 302 Å². The van der Waals surface area contributed by atoms with Gasteiger partial charge in [0.2, 0.25) is 5.91 Å². The van der Waals surface area contributed by atoms with Gasteiger partial charge in [0.1, 0.15) is 6.10 Å². The number of unbranched alkanes of at least 4 members (excludes halogenated alkanes) is 36. The van der Waals surface area contributed by atoms with E-state index in [1.165, 1.54) is 218 Å². The van der Waals surface area contributed by atoms with Gasteiger partial charge in [-0.15, -0.1) is 0 Å². The Balaban J connectivity index is 3.65. The number of hydrogen-bond acceptors (Lipinski definition) is 4. The molecule has 0 spiro atoms. The third-order valence-electron chi connectivity index (χ3n) is 12.6. The highest BCUT2D eigenvalue weighted by atomic mass is 16.3. The molecule has 0 aliphatic carbocycles. The summed E-state index contributed by atoms with van der Waals surface area (Å²) in [6.45, 7) is 4.19. The average molecular weight is 870 g/mol. The van der Waals surface area contributed by atoms with Gasteiger partial charge in [-0.05, 0) is 70.6 Å². The molecule has 0 saturated heterocycles. The van der Waals surface area contributed by atoms with Crippen LogP contribution in [0.5, 0.6) is 0 Å². The predicted molar refractivity (Wildman–Crippen MR) is 273 cm³/mol. The van der Waals surface area contributed by atoms with E-state index in [1.807, 2.05) is 6.08 Å². The summed E-state index contributed by atoms with van der Waals surface area (Å²) in [6, 6.07) is -0.823. The molecule has 5 nitrogen and oxygen atoms in total. The maximum absolute atomic E-state index is 12.5. The minimum absolute atomic E-state index is 0.382. The van der Waals surface area contributed by atoms with Crippen LogP contribution in [0.2, 0.25) is 0 Å². The van der Waals surface area contributed by atoms with Crippen LogP contribution in [0.1, 0.15) is 284 Å². The molecule has 0 heterocycles. The summed E-state index contributed by atoms with van der Waals surface area (Å²) in [5.41, 5.74) is 0. The van der Waals surface area contributed by atoms with E-state index in [9.17, 15) is 20.1 Å². The van der Waals surface area contributed by atoms with Gasteiger partial charge < -0.3 is 20.6 Å². The maximum atomic E-state index is 12.5. The summed E-state index contributed by atoms with van der Waals surface area (Å²) in [5.74, 6) is -0.516. The molecule has 0 aromatic rings. The average Bonchev–Trinajstić information content (AvgIpc) is 3.28. The zero-order valence-electron chi connectivity index (χ0n) is 41.5. The first-order valence-corrected chi connectivity index (χ1v) is 27.5. The Morgan fingerprint density at radius 1 is 0.387 bits per heavy atom. The molecule has 0 rings (SSSR count). The van der Waals surface area contributed by atoms with Gasteiger partial charge in [0, 0.05) is 0 Å². The monoisotopic (exact) mass is 870 g/mol. The van der Waals surface area contributed by atoms with Gasteiger partial charge in [0.25, 0.3) is 0 Å². The van der Waals surface area contributed by atoms with E-state index >= 15 is 0 Å². The Bertz CT molecular complexity index is 1000. The predicted octanol–water partition coefficient (Wildman–Crippen LogP) is 16.8. The van der Waals surface area contributed by atoms with E-state index in [4.69, 9.17) is 0 Å². The van der Waals surface area contributed by atoms with E-state index in [1.54, 1.807) is 6.08 Å². The van der Waals surface area contributed by atoms with Crippen LogP contribution in [0.25, 0.3) is 0 Å². The van der Waals surface area contributed by atoms with Gasteiger partial charge in [-0.25, -0.2) is 0 Å². The number of amides is 1. The Kier molecular flexibility index (Phi) is 50.5. The highest BCUT2D eigenvalue weighted by molar-refractivity contribution is 5.80. The fourth-order valence-corrected chi connectivity index (χ4v) is 8.33. The number of allylic oxidation sites excluding steroid dienone is 7. The maximum Gasteiger partial charge on any atom is 0.249 e. The van der Waals surface area contributed by atoms with Crippen molar-refractivity contribution in [3.8, 4) is 0 Å². The van der Waals surface area contributed by atoms with Gasteiger partial charge in [-0.2, -0.15) is 0 Å². The highest BCUT2D eigenvalue weighted by Gasteiger charge is 2.22. The lowest BCUT2D eigenvalue weighted by molar-refractivity contribution is -0.131. The minimum atomic E-state index is -1.11. The molecule has 0 aromatic heterocycles. The molecule has 0 aromatic carbocycles. The van der Waals surface area contributed by atoms with Gasteiger partial charge in [0.15, 0.2) is 0 Å². The third-order valence-corrected chi connectivity index (χ3v) is 12.6. The molecule has 0 aliphatic rings. The van der Waals surface area contributed by atoms with Gasteiger partial charge in [0.05, 0.1) is 18.8 Å². The number of rotatable bonds is 50. The van der Waals surface area contributed by atoms with Gasteiger partial charge in [-0.1, -0.05) is 262 Å². The van der Waals surface area contributed by atoms with Crippen molar-refractivity contribution in [2.24, 2.45) is 0 Å². The molecule has 1 amide bonds. The molecule has 5 heteroatoms. The standard InChI is InChI=1S/C57H107NO4/c1-3-5-7-9-11-13-15-17-19-21-23-25-27-28-29-30-32-34-36-38-40-42-44-46-48-50-52-56(61)57(62)58-54(53-59)55(60)51-49-47-45-43-41-39-37-35-33-31-26-24-22-20-18-16-14-12-10-8-6-4-2/h28-29,33,35,41,43,49,51,54-56,59-61H,3-27,30-32,34,36-40,42,44-48,50,52-53H2,1-2H3,(H,58,62)/b29-28-,35-33+,43-41+,51-49+. The molecule has 0 radical (unpaired) electrons. The van der Waals surface area contributed by atoms with Crippen LogP contribution in [-0.4, -0.2) is 46.1 Å². The smallest absolute Gasteiger partial charge is 0.249 e. The highest BCUT2D eigenvalue weighted by Crippen LogP contribution is 2.16. The Hall–Kier alpha value is -1.69. The second-order valence-corrected chi connectivity index (χ2v) is 18.8. The molecular formula is C57H107NO4. The zero-order chi connectivity index (χ0) is 45.1. The number of carbonyl (C=O) groups is 1. The number of aliphatic hydroxyl groups is 3. The second kappa shape index (κ2) is 51.9. The van der Waals surface area contributed by atoms with E-state index in [-0.39, 0.29) is 6.61 Å². The van der Waals surface area contributed by atoms with Crippen molar-refractivity contribution in [1.29, 1.82) is 0 Å². The summed E-state index contributed by atoms with van der Waals surface area (Å²) < 4.78 is 0. The number of carbonyl (C=O) groups excluding carboxylic acids is 1. The fourth-order valence-electron chi connectivity index (χ4n) is 8.33. The van der Waals surface area contributed by atoms with Crippen LogP contribution >= 0.6 is 0 Å². The third kappa shape index (κ3) is 46.3. The van der Waals surface area contributed by atoms with Crippen molar-refractivity contribution in [2.75, 3.05) is 6.61 Å². The molecule has 3 unspecified atom stereocenters. The summed E-state index contributed by atoms with van der Waals surface area (Å²) >= 11 is 0. The van der Waals surface area contributed by atoms with E-state index < -0.39 is 24.2 Å². The van der Waals surface area contributed by atoms with Crippen molar-refractivity contribution in [3.63, 3.8) is 0 Å². The summed E-state index contributed by atoms with van der Waals surface area (Å²) in [6.07, 6.45) is 69.0. The van der Waals surface area contributed by atoms with Crippen molar-refractivity contribution < 1.29 is 20.1 Å². The topological polar surface area (TPSA) is 89.8 Å². The molecule has 0 bridgehead atoms. The van der Waals surface area contributed by atoms with Crippen LogP contribution in [0.4, 0.5) is 0 Å². The van der Waals surface area contributed by atoms with Crippen molar-refractivity contribution in [1.82, 2.24) is 5.32 Å². The summed E-state index contributed by atoms with van der Waals surface area (Å²) in [5, 5.41) is 33.3. The van der Waals surface area contributed by atoms with Crippen molar-refractivity contribution >= 4 is 5.91 Å². The quantitative estimate of drug-likeness (QED) is 0.0362. The Morgan fingerprint density at radius 2 is 0.661 bits per heavy atom. The number of aliphatic hydroxyl groups excluding tert-OH is 3. The molecule has 0 aliphatic heterocycles. The summed E-state index contributed by atoms with van der Waals surface area (Å²) in [7, 11) is 0. The lowest BCUT2D eigenvalue weighted by Gasteiger charge is -2.21. The van der Waals surface area contributed by atoms with Crippen LogP contribution in [0.15, 0.2) is 48.6 Å². The van der Waals surface area contributed by atoms with E-state index in [2.05, 4.69) is 55.6 Å². The molecule has 0 saturated carbocycles. The SMILES string of the molecule is CCCCCCCCCCCCCC/C=C\CCCCCCCCCCCCC(O)C(=O)NC(CO)C(O)/C=C/CC/C=C/CC/C=C/CCCCCCCCCCCCCC. The van der Waals surface area contributed by atoms with Crippen molar-refractivity contribution in [3.05, 3.63) is 48.6 Å². The molecule has 0 fully saturated rings. The fraction of sp³-hybridized carbons (Fsp3) is 0.842. The van der Waals surface area contributed by atoms with E-state index in [0.29, 0.717) is 6.42 Å². The van der Waals surface area contributed by atoms with Crippen LogP contribution in [0.3, 0.4) is 0 Å². The first-order valence-electron chi connectivity index (χ1n) is 27.5. The lowest BCUT2D eigenvalue weighted by Crippen LogP contribution is -2.48. The molecule has 62 heavy (non-hydrogen) atoms. The largest absolute Gasteiger partial charge is 0.394 e. The first-order chi connectivity index (χ1) is 30.6. The summed E-state index contributed by atoms with van der Waals surface area (Å²) in [4.78, 5) is 12.5. The van der Waals surface area contributed by atoms with Gasteiger partial charge >= 0.3 is 0 Å². The second-order valence-electron chi connectivity index (χ2n) is 18.8. The Morgan fingerprint density at radius 3 is 0.984 bits per heavy atom. The van der Waals surface area contributed by atoms with E-state index in [0.717, 1.165) is 44.9 Å². The first kappa shape index (κ1) is 60.3. The molecule has 364 valence electrons. The van der Waals surface area contributed by atoms with Crippen LogP contribution < -0.4 is 5.32 Å². The molecular weight excluding hydrogens is 763 g/mol. The zero-order valence-corrected chi connectivity index (χ0v) is 41.5. The van der Waals surface area contributed by atoms with Crippen LogP contribution in [0, 0.1) is 0 Å². The minimum Gasteiger partial charge on any atom is -0.394 e. The lowest BCUT2D eigenvalue weighted by atomic mass is 10.0. The molecule has 3 atom stereocenters. The van der Waals surface area contributed by atoms with Gasteiger partial charge in [-0.3, -0.25) is 4.79 Å². The number of nitrogens with one attached hydrogen (secondary N) is 1.